The molecule has 0 aromatic carbocycles. The van der Waals surface area contributed by atoms with Crippen LogP contribution in [0.4, 0.5) is 61.2 Å². The van der Waals surface area contributed by atoms with E-state index in [9.17, 15) is 56.6 Å². The summed E-state index contributed by atoms with van der Waals surface area (Å²) in [4.78, 5) is 136. The largest absolute Gasteiger partial charge is 0.398 e. The number of nitrogens with two attached hydrogens (primary N) is 6. The number of rotatable bonds is 6. The quantitative estimate of drug-likeness (QED) is 0.0616. The zero-order valence-electron chi connectivity index (χ0n) is 67.7. The Balaban J connectivity index is 0.000000130. The number of fused-ring (bicyclic) bond motifs is 15. The van der Waals surface area contributed by atoms with Gasteiger partial charge < -0.3 is 137 Å². The van der Waals surface area contributed by atoms with Crippen molar-refractivity contribution in [3.05, 3.63) is 123 Å². The number of nitrogens with zero attached hydrogens (tertiary/aromatic N) is 15. The molecule has 0 amide bonds. The van der Waals surface area contributed by atoms with Gasteiger partial charge in [-0.3, -0.25) is 61.1 Å². The van der Waals surface area contributed by atoms with Gasteiger partial charge in [-0.2, -0.15) is 15.0 Å². The lowest BCUT2D eigenvalue weighted by molar-refractivity contribution is -0.0596. The minimum Gasteiger partial charge on any atom is -0.398 e. The predicted octanol–water partition coefficient (Wildman–Crippen LogP) is 4.56. The number of pyridine rings is 3. The molecule has 9 aliphatic rings. The number of nitrogen functional groups attached to an aromatic ring is 6. The average molecular weight is 2130 g/mol. The van der Waals surface area contributed by atoms with Gasteiger partial charge in [0.15, 0.2) is 88.1 Å². The fraction of sp³-hybridized carbons (Fsp3) is 0.455. The number of anilines is 6. The lowest BCUT2D eigenvalue weighted by Gasteiger charge is -2.27. The van der Waals surface area contributed by atoms with Crippen LogP contribution in [0.5, 0.6) is 0 Å². The Morgan fingerprint density at radius 2 is 0.637 bits per heavy atom. The lowest BCUT2D eigenvalue weighted by Crippen LogP contribution is -2.32. The summed E-state index contributed by atoms with van der Waals surface area (Å²) < 4.78 is 216. The first-order valence-corrected chi connectivity index (χ1v) is 55.2. The number of hydrogen-bond donors (Lipinski definition) is 15. The highest BCUT2D eigenvalue weighted by atomic mass is 32.7. The van der Waals surface area contributed by atoms with Crippen molar-refractivity contribution in [2.45, 2.75) is 148 Å². The van der Waals surface area contributed by atoms with Crippen molar-refractivity contribution in [1.29, 1.82) is 0 Å². The number of imidazole rings is 3. The molecule has 27 atom stereocenters. The van der Waals surface area contributed by atoms with Crippen LogP contribution < -0.4 is 51.1 Å². The van der Waals surface area contributed by atoms with E-state index in [-0.39, 0.29) is 121 Å². The maximum absolute atomic E-state index is 15.9. The van der Waals surface area contributed by atoms with Crippen molar-refractivity contribution in [1.82, 2.24) is 87.2 Å². The van der Waals surface area contributed by atoms with Gasteiger partial charge >= 0.3 is 40.4 Å². The van der Waals surface area contributed by atoms with Crippen molar-refractivity contribution in [2.75, 3.05) is 74.0 Å². The Morgan fingerprint density at radius 3 is 0.933 bits per heavy atom. The molecule has 0 spiro atoms. The standard InChI is InChI=1S/3C22H24F2N8O9P2S2/c3*23-8-4-31(18-14(8)9(25)1-2-27-18)13-3-10-11(38-13)5-36-43(35,45)41-17-15(24)12(6-37-42(34,44)40-10)39-21(17)32-7-28-16-19(32)29-22(26)30-20(16)33/h3*1-2,4,7,10-13,15,17,21H,3,5-6H2,(H2,25,27)(H,34,44)(H,35,45)(H3,26,29,30,33)/t3*10-,11+,12+,13+,15+,17+,21+,42?,43?/m000/s1. The maximum Gasteiger partial charge on any atom is 0.386 e. The molecule has 6 unspecified atom stereocenters. The molecule has 21 heterocycles. The summed E-state index contributed by atoms with van der Waals surface area (Å²) in [5, 5.41) is 0.270. The third-order valence-electron chi connectivity index (χ3n) is 22.5. The highest BCUT2D eigenvalue weighted by molar-refractivity contribution is 8.44. The Morgan fingerprint density at radius 1 is 0.370 bits per heavy atom. The second-order valence-electron chi connectivity index (χ2n) is 31.1. The molecule has 0 saturated carbocycles. The number of nitrogens with one attached hydrogen (secondary N) is 3. The number of halogens is 6. The van der Waals surface area contributed by atoms with Crippen molar-refractivity contribution in [3.8, 4) is 0 Å². The van der Waals surface area contributed by atoms with Crippen LogP contribution in [0.1, 0.15) is 56.6 Å². The highest BCUT2D eigenvalue weighted by Gasteiger charge is 2.57. The Hall–Kier alpha value is -7.59. The Bertz CT molecular complexity index is 6550. The molecule has 0 radical (unpaired) electrons. The minimum atomic E-state index is -4.39. The van der Waals surface area contributed by atoms with Crippen molar-refractivity contribution in [3.63, 3.8) is 0 Å². The van der Waals surface area contributed by atoms with E-state index < -0.39 is 243 Å². The normalized spacial score (nSPS) is 36.0. The number of alkyl halides is 3. The molecule has 12 aromatic rings. The average Bonchev–Trinajstić information content (AvgIpc) is 1.62. The van der Waals surface area contributed by atoms with E-state index >= 15 is 13.2 Å². The number of ether oxygens (including phenoxy) is 6. The molecule has 12 aromatic heterocycles. The van der Waals surface area contributed by atoms with E-state index in [0.717, 1.165) is 37.6 Å². The van der Waals surface area contributed by atoms with Crippen LogP contribution in [0.25, 0.3) is 66.6 Å². The van der Waals surface area contributed by atoms with Gasteiger partial charge in [0.1, 0.15) is 90.6 Å². The summed E-state index contributed by atoms with van der Waals surface area (Å²) in [6, 6.07) is 4.36. The summed E-state index contributed by atoms with van der Waals surface area (Å²) in [5.41, 5.74) is 33.4. The van der Waals surface area contributed by atoms with Gasteiger partial charge in [-0.15, -0.1) is 0 Å². The van der Waals surface area contributed by atoms with E-state index in [1.807, 2.05) is 0 Å². The van der Waals surface area contributed by atoms with E-state index in [0.29, 0.717) is 0 Å². The van der Waals surface area contributed by atoms with Gasteiger partial charge in [-0.25, -0.2) is 60.8 Å². The van der Waals surface area contributed by atoms with Crippen LogP contribution in [0, 0.1) is 17.5 Å². The summed E-state index contributed by atoms with van der Waals surface area (Å²) in [7, 11) is 0. The molecule has 21 rings (SSSR count). The zero-order chi connectivity index (χ0) is 95.5. The van der Waals surface area contributed by atoms with Gasteiger partial charge in [-0.1, -0.05) is 12.2 Å². The molecule has 51 nitrogen and oxygen atoms in total. The molecule has 726 valence electrons. The summed E-state index contributed by atoms with van der Waals surface area (Å²) in [6.07, 6.45) is -17.3. The minimum absolute atomic E-state index is 0.00449. The highest BCUT2D eigenvalue weighted by Crippen LogP contribution is 2.61. The van der Waals surface area contributed by atoms with Gasteiger partial charge in [0.25, 0.3) is 16.7 Å². The van der Waals surface area contributed by atoms with Crippen LogP contribution in [-0.4, -0.2) is 243 Å². The zero-order valence-corrected chi connectivity index (χ0v) is 78.1. The topological polar surface area (TPSA) is 685 Å². The first-order valence-electron chi connectivity index (χ1n) is 39.6. The molecule has 0 aliphatic carbocycles. The molecule has 6 bridgehead atoms. The first-order chi connectivity index (χ1) is 63.9. The van der Waals surface area contributed by atoms with E-state index in [1.165, 1.54) is 64.2 Å². The monoisotopic (exact) mass is 2120 g/mol. The second-order valence-corrected chi connectivity index (χ2v) is 48.0. The fourth-order valence-corrected chi connectivity index (χ4v) is 25.2. The summed E-state index contributed by atoms with van der Waals surface area (Å²) >= 11 is 30.1. The van der Waals surface area contributed by atoms with E-state index in [2.05, 4.69) is 72.1 Å². The Kier molecular flexibility index (Phi) is 26.3. The molecule has 9 saturated heterocycles. The molecule has 135 heavy (non-hydrogen) atoms. The molecule has 20 N–H and O–H groups in total. The SMILES string of the molecule is Nc1nc2c(ncn2[C@@H]2O[C@@H]3COP(O)(=S)O[C@H]4C[C@H](n5cc(F)c6c(N)ccnc65)O[C@@H]4COP(=O)(S)O[C@@H]2[C@@H]3F)c(=O)[nH]1.Nc1nc2c(ncn2[C@@H]2O[C@@H]3COP(O)(=S)O[C@H]4C[C@H](n5cc(F)c6c(N)ccnc65)O[C@@H]4COP(O)(=S)O[C@@H]2[C@@H]3F)c(=O)[nH]1.Nc1nc2c(ncn2[C@@H]2O[C@@H]3COP(O)(=S)O[C@H]4C[C@H](n5cc(F)c6c(N)ccnc65)O[C@@H]4COP(O)(=S)O[C@@H]2[C@@H]3F)c(=O)[nH]1. The number of H-pyrrole nitrogens is 3. The summed E-state index contributed by atoms with van der Waals surface area (Å²) in [6.45, 7) is -28.5. The fourth-order valence-electron chi connectivity index (χ4n) is 16.6. The molecular formula is C66H72F6N24O27P6S6. The molecule has 9 fully saturated rings. The van der Waals surface area contributed by atoms with Crippen LogP contribution in [0.3, 0.4) is 0 Å². The van der Waals surface area contributed by atoms with Crippen LogP contribution >= 0.6 is 52.6 Å². The van der Waals surface area contributed by atoms with Gasteiger partial charge in [0, 0.05) is 73.5 Å². The molecular weight excluding hydrogens is 2050 g/mol. The van der Waals surface area contributed by atoms with Gasteiger partial charge in [0.05, 0.1) is 93.1 Å². The van der Waals surface area contributed by atoms with Crippen molar-refractivity contribution >= 4 is 213 Å². The number of aromatic amines is 3. The molecule has 69 heteroatoms. The Labute approximate surface area is 779 Å². The van der Waals surface area contributed by atoms with Crippen molar-refractivity contribution < 1.29 is 138 Å². The maximum atomic E-state index is 15.9. The van der Waals surface area contributed by atoms with Gasteiger partial charge in [0.2, 0.25) is 17.8 Å². The van der Waals surface area contributed by atoms with Gasteiger partial charge in [-0.05, 0) is 77.2 Å². The second kappa shape index (κ2) is 36.8. The van der Waals surface area contributed by atoms with Crippen LogP contribution in [0.15, 0.2) is 88.7 Å². The lowest BCUT2D eigenvalue weighted by atomic mass is 10.1. The summed E-state index contributed by atoms with van der Waals surface area (Å²) in [5.74, 6) is -2.63. The number of thiol groups is 1. The van der Waals surface area contributed by atoms with E-state index in [4.69, 9.17) is 176 Å². The van der Waals surface area contributed by atoms with Crippen molar-refractivity contribution in [2.24, 2.45) is 0 Å². The third kappa shape index (κ3) is 19.2. The first kappa shape index (κ1) is 96.3. The third-order valence-corrected chi connectivity index (χ3v) is 32.0. The van der Waals surface area contributed by atoms with Crippen LogP contribution in [-0.2, 0) is 146 Å². The smallest absolute Gasteiger partial charge is 0.386 e. The number of hydrogen-bond acceptors (Lipinski definition) is 42. The predicted molar refractivity (Wildman–Crippen MR) is 476 cm³/mol. The molecule has 9 aliphatic heterocycles. The van der Waals surface area contributed by atoms with Crippen LogP contribution in [0.2, 0.25) is 0 Å². The van der Waals surface area contributed by atoms with E-state index in [1.54, 1.807) is 0 Å². The number of aromatic nitrogens is 18.